The molecule has 0 aliphatic carbocycles. The van der Waals surface area contributed by atoms with Crippen molar-refractivity contribution in [2.24, 2.45) is 0 Å². The fourth-order valence-corrected chi connectivity index (χ4v) is 2.61. The second kappa shape index (κ2) is 4.18. The van der Waals surface area contributed by atoms with E-state index >= 15 is 0 Å². The molecule has 0 N–H and O–H groups in total. The summed E-state index contributed by atoms with van der Waals surface area (Å²) in [5.74, 6) is 0.869. The van der Waals surface area contributed by atoms with E-state index < -0.39 is 0 Å². The van der Waals surface area contributed by atoms with Crippen LogP contribution in [0, 0.1) is 5.51 Å². The van der Waals surface area contributed by atoms with Gasteiger partial charge in [-0.2, -0.15) is 0 Å². The lowest BCUT2D eigenvalue weighted by atomic mass is 10.1. The molecule has 1 radical (unpaired) electrons. The molecule has 0 saturated heterocycles. The van der Waals surface area contributed by atoms with Gasteiger partial charge in [-0.3, -0.25) is 0 Å². The molecule has 0 spiro atoms. The third-order valence-corrected chi connectivity index (χ3v) is 3.50. The summed E-state index contributed by atoms with van der Waals surface area (Å²) in [6.45, 7) is 0. The summed E-state index contributed by atoms with van der Waals surface area (Å²) in [7, 11) is 1.68. The molecule has 3 aromatic rings. The Labute approximate surface area is 104 Å². The van der Waals surface area contributed by atoms with Crippen molar-refractivity contribution in [2.75, 3.05) is 7.11 Å². The van der Waals surface area contributed by atoms with E-state index in [1.807, 2.05) is 30.3 Å². The minimum Gasteiger partial charge on any atom is -0.497 e. The molecule has 1 heterocycles. The van der Waals surface area contributed by atoms with E-state index in [0.717, 1.165) is 16.8 Å². The number of nitrogens with zero attached hydrogens (tertiary/aromatic N) is 1. The molecule has 0 amide bonds. The molecule has 0 fully saturated rings. The summed E-state index contributed by atoms with van der Waals surface area (Å²) in [4.78, 5) is 4.21. The van der Waals surface area contributed by atoms with Crippen LogP contribution in [-0.4, -0.2) is 12.1 Å². The summed E-state index contributed by atoms with van der Waals surface area (Å²) >= 11 is 1.55. The maximum absolute atomic E-state index is 5.25. The molecule has 0 aliphatic heterocycles. The highest BCUT2D eigenvalue weighted by Gasteiger charge is 2.06. The molecule has 3 rings (SSSR count). The third kappa shape index (κ3) is 1.78. The van der Waals surface area contributed by atoms with Crippen LogP contribution < -0.4 is 4.74 Å². The van der Waals surface area contributed by atoms with E-state index in [1.54, 1.807) is 18.4 Å². The SMILES string of the molecule is COc1cccc(-c2cccc3n[c]sc23)c1. The standard InChI is InChI=1S/C14H10NOS/c1-16-11-5-2-4-10(8-11)12-6-3-7-13-14(12)17-9-15-13/h2-8H,1H3. The molecule has 0 unspecified atom stereocenters. The average molecular weight is 240 g/mol. The summed E-state index contributed by atoms with van der Waals surface area (Å²) in [5, 5.41) is 0. The van der Waals surface area contributed by atoms with Crippen molar-refractivity contribution in [2.45, 2.75) is 0 Å². The normalized spacial score (nSPS) is 10.6. The Balaban J connectivity index is 2.23. The summed E-state index contributed by atoms with van der Waals surface area (Å²) < 4.78 is 6.42. The second-order valence-corrected chi connectivity index (χ2v) is 4.49. The molecule has 17 heavy (non-hydrogen) atoms. The molecule has 0 aliphatic rings. The highest BCUT2D eigenvalue weighted by molar-refractivity contribution is 7.16. The van der Waals surface area contributed by atoms with Crippen molar-refractivity contribution in [1.82, 2.24) is 4.98 Å². The Morgan fingerprint density at radius 2 is 2.06 bits per heavy atom. The Hall–Kier alpha value is -1.87. The first-order valence-corrected chi connectivity index (χ1v) is 6.10. The number of hydrogen-bond donors (Lipinski definition) is 0. The number of hydrogen-bond acceptors (Lipinski definition) is 3. The quantitative estimate of drug-likeness (QED) is 0.680. The first kappa shape index (κ1) is 10.3. The smallest absolute Gasteiger partial charge is 0.153 e. The van der Waals surface area contributed by atoms with Crippen LogP contribution in [0.5, 0.6) is 5.75 Å². The van der Waals surface area contributed by atoms with Gasteiger partial charge >= 0.3 is 0 Å². The lowest BCUT2D eigenvalue weighted by Crippen LogP contribution is -1.83. The molecular formula is C14H10NOS. The van der Waals surface area contributed by atoms with Gasteiger partial charge < -0.3 is 4.74 Å². The van der Waals surface area contributed by atoms with Gasteiger partial charge in [0.15, 0.2) is 5.51 Å². The van der Waals surface area contributed by atoms with Crippen molar-refractivity contribution in [3.05, 3.63) is 48.0 Å². The van der Waals surface area contributed by atoms with Crippen molar-refractivity contribution >= 4 is 21.6 Å². The fourth-order valence-electron chi connectivity index (χ4n) is 1.86. The first-order chi connectivity index (χ1) is 8.38. The number of ether oxygens (including phenoxy) is 1. The average Bonchev–Trinajstić information content (AvgIpc) is 2.87. The Kier molecular flexibility index (Phi) is 2.53. The highest BCUT2D eigenvalue weighted by atomic mass is 32.1. The summed E-state index contributed by atoms with van der Waals surface area (Å²) in [6.07, 6.45) is 0. The molecular weight excluding hydrogens is 230 g/mol. The Morgan fingerprint density at radius 1 is 1.18 bits per heavy atom. The van der Waals surface area contributed by atoms with E-state index in [2.05, 4.69) is 22.6 Å². The molecule has 0 atom stereocenters. The third-order valence-electron chi connectivity index (χ3n) is 2.69. The maximum atomic E-state index is 5.25. The number of methoxy groups -OCH3 is 1. The van der Waals surface area contributed by atoms with Gasteiger partial charge in [-0.25, -0.2) is 4.98 Å². The first-order valence-electron chi connectivity index (χ1n) is 5.28. The Morgan fingerprint density at radius 3 is 2.94 bits per heavy atom. The van der Waals surface area contributed by atoms with Crippen molar-refractivity contribution in [3.63, 3.8) is 0 Å². The predicted molar refractivity (Wildman–Crippen MR) is 70.4 cm³/mol. The van der Waals surface area contributed by atoms with Crippen LogP contribution >= 0.6 is 11.3 Å². The van der Waals surface area contributed by atoms with Crippen molar-refractivity contribution < 1.29 is 4.74 Å². The molecule has 0 saturated carbocycles. The van der Waals surface area contributed by atoms with E-state index in [4.69, 9.17) is 4.74 Å². The van der Waals surface area contributed by atoms with Gasteiger partial charge in [-0.15, -0.1) is 11.3 Å². The number of fused-ring (bicyclic) bond motifs is 1. The summed E-state index contributed by atoms with van der Waals surface area (Å²) in [6, 6.07) is 14.2. The Bertz CT molecular complexity index is 660. The number of benzene rings is 2. The van der Waals surface area contributed by atoms with Crippen LogP contribution in [0.25, 0.3) is 21.3 Å². The van der Waals surface area contributed by atoms with E-state index in [0.29, 0.717) is 0 Å². The van der Waals surface area contributed by atoms with Gasteiger partial charge in [0.1, 0.15) is 5.75 Å². The lowest BCUT2D eigenvalue weighted by Gasteiger charge is -2.05. The minimum atomic E-state index is 0.869. The predicted octanol–water partition coefficient (Wildman–Crippen LogP) is 3.77. The highest BCUT2D eigenvalue weighted by Crippen LogP contribution is 2.32. The monoisotopic (exact) mass is 240 g/mol. The molecule has 2 nitrogen and oxygen atoms in total. The minimum absolute atomic E-state index is 0.869. The maximum Gasteiger partial charge on any atom is 0.153 e. The molecule has 83 valence electrons. The number of aromatic nitrogens is 1. The number of rotatable bonds is 2. The van der Waals surface area contributed by atoms with Gasteiger partial charge in [0.05, 0.1) is 17.3 Å². The zero-order valence-corrected chi connectivity index (χ0v) is 10.1. The van der Waals surface area contributed by atoms with Gasteiger partial charge in [0, 0.05) is 5.56 Å². The van der Waals surface area contributed by atoms with Crippen LogP contribution in [0.3, 0.4) is 0 Å². The van der Waals surface area contributed by atoms with Gasteiger partial charge in [-0.05, 0) is 23.8 Å². The zero-order valence-electron chi connectivity index (χ0n) is 9.31. The largest absolute Gasteiger partial charge is 0.497 e. The molecule has 1 aromatic heterocycles. The molecule has 0 bridgehead atoms. The second-order valence-electron chi connectivity index (χ2n) is 3.69. The van der Waals surface area contributed by atoms with Gasteiger partial charge in [0.2, 0.25) is 0 Å². The topological polar surface area (TPSA) is 22.1 Å². The van der Waals surface area contributed by atoms with Crippen LogP contribution in [0.2, 0.25) is 0 Å². The lowest BCUT2D eigenvalue weighted by molar-refractivity contribution is 0.415. The van der Waals surface area contributed by atoms with Crippen LogP contribution in [0.1, 0.15) is 0 Å². The van der Waals surface area contributed by atoms with E-state index in [-0.39, 0.29) is 0 Å². The van der Waals surface area contributed by atoms with Crippen LogP contribution in [-0.2, 0) is 0 Å². The zero-order chi connectivity index (χ0) is 11.7. The van der Waals surface area contributed by atoms with Crippen molar-refractivity contribution in [1.29, 1.82) is 0 Å². The molecule has 2 aromatic carbocycles. The molecule has 3 heteroatoms. The number of thiazole rings is 1. The van der Waals surface area contributed by atoms with Crippen molar-refractivity contribution in [3.8, 4) is 16.9 Å². The van der Waals surface area contributed by atoms with Crippen LogP contribution in [0.4, 0.5) is 0 Å². The summed E-state index contributed by atoms with van der Waals surface area (Å²) in [5.41, 5.74) is 6.26. The van der Waals surface area contributed by atoms with Gasteiger partial charge in [0.25, 0.3) is 0 Å². The van der Waals surface area contributed by atoms with Crippen LogP contribution in [0.15, 0.2) is 42.5 Å². The van der Waals surface area contributed by atoms with E-state index in [9.17, 15) is 0 Å². The van der Waals surface area contributed by atoms with Gasteiger partial charge in [-0.1, -0.05) is 24.3 Å². The fraction of sp³-hybridized carbons (Fsp3) is 0.0714. The van der Waals surface area contributed by atoms with E-state index in [1.165, 1.54) is 10.3 Å².